The highest BCUT2D eigenvalue weighted by Gasteiger charge is 2.38. The molecule has 0 unspecified atom stereocenters. The van der Waals surface area contributed by atoms with E-state index in [0.717, 1.165) is 22.4 Å². The Hall–Kier alpha value is -3.92. The monoisotopic (exact) mass is 430 g/mol. The van der Waals surface area contributed by atoms with Crippen LogP contribution in [0.25, 0.3) is 0 Å². The summed E-state index contributed by atoms with van der Waals surface area (Å²) in [6.07, 6.45) is 0. The largest absolute Gasteiger partial charge is 0.493 e. The SMILES string of the molecule is COc1cc([C@@H]2C(C#N)=C(N)Oc3n[nH]c(C(C)(C)C)c32)ccc1OCc1ccccc1. The number of ether oxygens (including phenoxy) is 3. The number of hydrogen-bond acceptors (Lipinski definition) is 6. The number of rotatable bonds is 5. The van der Waals surface area contributed by atoms with Crippen LogP contribution in [0.1, 0.15) is 49.1 Å². The topological polar surface area (TPSA) is 106 Å². The minimum absolute atomic E-state index is 0.0559. The molecular formula is C25H26N4O3. The second kappa shape index (κ2) is 8.31. The van der Waals surface area contributed by atoms with Crippen LogP contribution >= 0.6 is 0 Å². The van der Waals surface area contributed by atoms with Gasteiger partial charge < -0.3 is 19.9 Å². The molecule has 0 saturated heterocycles. The van der Waals surface area contributed by atoms with Crippen LogP contribution in [-0.2, 0) is 12.0 Å². The lowest BCUT2D eigenvalue weighted by molar-refractivity contribution is 0.284. The molecule has 4 rings (SSSR count). The number of benzene rings is 2. The lowest BCUT2D eigenvalue weighted by Gasteiger charge is -2.27. The number of nitriles is 1. The summed E-state index contributed by atoms with van der Waals surface area (Å²) in [6.45, 7) is 6.65. The van der Waals surface area contributed by atoms with Gasteiger partial charge in [0.05, 0.1) is 18.6 Å². The third-order valence-corrected chi connectivity index (χ3v) is 5.45. The standard InChI is InChI=1S/C25H26N4O3/c1-25(2,3)22-21-20(17(13-26)23(27)32-24(21)29-28-22)16-10-11-18(19(12-16)30-4)31-14-15-8-6-5-7-9-15/h5-12,20H,14,27H2,1-4H3,(H,28,29)/t20-/m1/s1. The zero-order valence-electron chi connectivity index (χ0n) is 18.6. The minimum Gasteiger partial charge on any atom is -0.493 e. The molecule has 32 heavy (non-hydrogen) atoms. The third kappa shape index (κ3) is 3.87. The van der Waals surface area contributed by atoms with Crippen molar-refractivity contribution in [1.29, 1.82) is 5.26 Å². The van der Waals surface area contributed by atoms with E-state index in [0.29, 0.717) is 29.6 Å². The lowest BCUT2D eigenvalue weighted by atomic mass is 9.79. The fourth-order valence-corrected chi connectivity index (χ4v) is 3.87. The normalized spacial score (nSPS) is 15.5. The summed E-state index contributed by atoms with van der Waals surface area (Å²) >= 11 is 0. The average Bonchev–Trinajstić information content (AvgIpc) is 3.21. The Balaban J connectivity index is 1.75. The van der Waals surface area contributed by atoms with Gasteiger partial charge in [0, 0.05) is 11.1 Å². The van der Waals surface area contributed by atoms with Crippen molar-refractivity contribution in [2.75, 3.05) is 7.11 Å². The molecule has 0 radical (unpaired) electrons. The molecule has 0 bridgehead atoms. The highest BCUT2D eigenvalue weighted by molar-refractivity contribution is 5.58. The van der Waals surface area contributed by atoms with Gasteiger partial charge >= 0.3 is 0 Å². The maximum atomic E-state index is 9.89. The lowest BCUT2D eigenvalue weighted by Crippen LogP contribution is -2.24. The number of aromatic nitrogens is 2. The quantitative estimate of drug-likeness (QED) is 0.617. The van der Waals surface area contributed by atoms with Crippen molar-refractivity contribution in [3.05, 3.63) is 82.4 Å². The smallest absolute Gasteiger partial charge is 0.244 e. The van der Waals surface area contributed by atoms with E-state index < -0.39 is 5.92 Å². The van der Waals surface area contributed by atoms with Crippen LogP contribution in [0.2, 0.25) is 0 Å². The number of nitrogens with zero attached hydrogens (tertiary/aromatic N) is 2. The van der Waals surface area contributed by atoms with Gasteiger partial charge in [-0.1, -0.05) is 57.2 Å². The van der Waals surface area contributed by atoms with E-state index in [1.807, 2.05) is 48.5 Å². The van der Waals surface area contributed by atoms with Crippen molar-refractivity contribution in [3.63, 3.8) is 0 Å². The summed E-state index contributed by atoms with van der Waals surface area (Å²) in [5.74, 6) is 1.20. The van der Waals surface area contributed by atoms with E-state index in [-0.39, 0.29) is 11.3 Å². The number of nitrogens with one attached hydrogen (secondary N) is 1. The van der Waals surface area contributed by atoms with E-state index in [9.17, 15) is 5.26 Å². The first kappa shape index (κ1) is 21.3. The Kier molecular flexibility index (Phi) is 5.54. The van der Waals surface area contributed by atoms with Crippen LogP contribution in [0.15, 0.2) is 60.0 Å². The fraction of sp³-hybridized carbons (Fsp3) is 0.280. The molecule has 2 aromatic carbocycles. The van der Waals surface area contributed by atoms with Gasteiger partial charge in [-0.05, 0) is 23.3 Å². The zero-order valence-corrected chi connectivity index (χ0v) is 18.6. The average molecular weight is 431 g/mol. The van der Waals surface area contributed by atoms with Crippen LogP contribution in [0, 0.1) is 11.3 Å². The van der Waals surface area contributed by atoms with Crippen molar-refractivity contribution in [2.24, 2.45) is 5.73 Å². The summed E-state index contributed by atoms with van der Waals surface area (Å²) in [5, 5.41) is 17.3. The summed E-state index contributed by atoms with van der Waals surface area (Å²) in [6, 6.07) is 17.8. The van der Waals surface area contributed by atoms with Crippen LogP contribution in [0.4, 0.5) is 0 Å². The number of aromatic amines is 1. The Morgan fingerprint density at radius 2 is 1.91 bits per heavy atom. The van der Waals surface area contributed by atoms with Crippen molar-refractivity contribution >= 4 is 0 Å². The van der Waals surface area contributed by atoms with Gasteiger partial charge in [0.1, 0.15) is 18.2 Å². The molecule has 7 nitrogen and oxygen atoms in total. The molecule has 1 aromatic heterocycles. The number of allylic oxidation sites excluding steroid dienone is 1. The second-order valence-electron chi connectivity index (χ2n) is 8.68. The van der Waals surface area contributed by atoms with Gasteiger partial charge in [-0.15, -0.1) is 5.10 Å². The molecule has 2 heterocycles. The molecule has 0 amide bonds. The van der Waals surface area contributed by atoms with Crippen molar-refractivity contribution in [3.8, 4) is 23.4 Å². The van der Waals surface area contributed by atoms with Gasteiger partial charge in [0.15, 0.2) is 11.5 Å². The first-order chi connectivity index (χ1) is 15.3. The maximum absolute atomic E-state index is 9.89. The minimum atomic E-state index is -0.436. The first-order valence-corrected chi connectivity index (χ1v) is 10.3. The fourth-order valence-electron chi connectivity index (χ4n) is 3.87. The molecule has 7 heteroatoms. The van der Waals surface area contributed by atoms with Gasteiger partial charge in [-0.25, -0.2) is 0 Å². The highest BCUT2D eigenvalue weighted by Crippen LogP contribution is 2.46. The molecule has 0 spiro atoms. The Bertz CT molecular complexity index is 1200. The highest BCUT2D eigenvalue weighted by atomic mass is 16.5. The number of nitrogens with two attached hydrogens (primary N) is 1. The van der Waals surface area contributed by atoms with Gasteiger partial charge in [0.25, 0.3) is 0 Å². The van der Waals surface area contributed by atoms with Crippen molar-refractivity contribution in [2.45, 2.75) is 38.7 Å². The first-order valence-electron chi connectivity index (χ1n) is 10.3. The predicted octanol–water partition coefficient (Wildman–Crippen LogP) is 4.51. The Morgan fingerprint density at radius 3 is 2.56 bits per heavy atom. The molecule has 3 N–H and O–H groups in total. The predicted molar refractivity (Wildman–Crippen MR) is 120 cm³/mol. The number of methoxy groups -OCH3 is 1. The van der Waals surface area contributed by atoms with Gasteiger partial charge in [0.2, 0.25) is 11.8 Å². The van der Waals surface area contributed by atoms with Gasteiger partial charge in [-0.2, -0.15) is 5.26 Å². The van der Waals surface area contributed by atoms with Gasteiger partial charge in [-0.3, -0.25) is 5.10 Å². The van der Waals surface area contributed by atoms with Crippen LogP contribution in [0.5, 0.6) is 17.4 Å². The molecule has 1 atom stereocenters. The van der Waals surface area contributed by atoms with Crippen LogP contribution < -0.4 is 19.9 Å². The van der Waals surface area contributed by atoms with E-state index in [2.05, 4.69) is 37.0 Å². The molecule has 164 valence electrons. The molecule has 3 aromatic rings. The van der Waals surface area contributed by atoms with E-state index in [4.69, 9.17) is 19.9 Å². The second-order valence-corrected chi connectivity index (χ2v) is 8.68. The van der Waals surface area contributed by atoms with Crippen LogP contribution in [-0.4, -0.2) is 17.3 Å². The molecule has 1 aliphatic heterocycles. The van der Waals surface area contributed by atoms with Crippen LogP contribution in [0.3, 0.4) is 0 Å². The van der Waals surface area contributed by atoms with E-state index in [1.54, 1.807) is 7.11 Å². The molecule has 0 fully saturated rings. The molecular weight excluding hydrogens is 404 g/mol. The molecule has 0 saturated carbocycles. The number of hydrogen-bond donors (Lipinski definition) is 2. The van der Waals surface area contributed by atoms with E-state index in [1.165, 1.54) is 0 Å². The zero-order chi connectivity index (χ0) is 22.9. The Morgan fingerprint density at radius 1 is 1.16 bits per heavy atom. The van der Waals surface area contributed by atoms with Crippen molar-refractivity contribution in [1.82, 2.24) is 10.2 Å². The maximum Gasteiger partial charge on any atom is 0.244 e. The number of fused-ring (bicyclic) bond motifs is 1. The van der Waals surface area contributed by atoms with Crippen molar-refractivity contribution < 1.29 is 14.2 Å². The Labute approximate surface area is 187 Å². The molecule has 1 aliphatic rings. The molecule has 0 aliphatic carbocycles. The summed E-state index contributed by atoms with van der Waals surface area (Å²) in [4.78, 5) is 0. The third-order valence-electron chi connectivity index (χ3n) is 5.45. The number of H-pyrrole nitrogens is 1. The summed E-state index contributed by atoms with van der Waals surface area (Å²) in [5.41, 5.74) is 9.78. The summed E-state index contributed by atoms with van der Waals surface area (Å²) in [7, 11) is 1.59. The van der Waals surface area contributed by atoms with E-state index >= 15 is 0 Å². The summed E-state index contributed by atoms with van der Waals surface area (Å²) < 4.78 is 17.3.